The van der Waals surface area contributed by atoms with Gasteiger partial charge in [0.15, 0.2) is 0 Å². The summed E-state index contributed by atoms with van der Waals surface area (Å²) < 4.78 is 6.11. The van der Waals surface area contributed by atoms with Crippen LogP contribution in [0.4, 0.5) is 0 Å². The van der Waals surface area contributed by atoms with Gasteiger partial charge in [-0.25, -0.2) is 0 Å². The topological polar surface area (TPSA) is 21.3 Å². The fourth-order valence-corrected chi connectivity index (χ4v) is 2.87. The summed E-state index contributed by atoms with van der Waals surface area (Å²) in [5, 5.41) is 4.49. The van der Waals surface area contributed by atoms with Crippen LogP contribution in [0.2, 0.25) is 5.02 Å². The molecule has 0 fully saturated rings. The zero-order valence-electron chi connectivity index (χ0n) is 13.2. The van der Waals surface area contributed by atoms with Crippen LogP contribution in [0.3, 0.4) is 0 Å². The Morgan fingerprint density at radius 1 is 1.40 bits per heavy atom. The number of hydrogen-bond acceptors (Lipinski definition) is 2. The van der Waals surface area contributed by atoms with E-state index in [4.69, 9.17) is 16.3 Å². The molecule has 1 aliphatic heterocycles. The maximum absolute atomic E-state index is 6.28. The Bertz CT molecular complexity index is 482. The number of hydrogen-bond donors (Lipinski definition) is 1. The van der Waals surface area contributed by atoms with E-state index < -0.39 is 0 Å². The highest BCUT2D eigenvalue weighted by Gasteiger charge is 2.33. The molecule has 2 rings (SSSR count). The van der Waals surface area contributed by atoms with Crippen molar-refractivity contribution in [1.29, 1.82) is 0 Å². The molecule has 20 heavy (non-hydrogen) atoms. The Labute approximate surface area is 127 Å². The second kappa shape index (κ2) is 5.95. The fraction of sp³-hybridized carbons (Fsp3) is 0.647. The van der Waals surface area contributed by atoms with E-state index in [0.717, 1.165) is 35.2 Å². The predicted octanol–water partition coefficient (Wildman–Crippen LogP) is 4.89. The van der Waals surface area contributed by atoms with Gasteiger partial charge in [-0.1, -0.05) is 25.4 Å². The van der Waals surface area contributed by atoms with E-state index in [-0.39, 0.29) is 5.60 Å². The lowest BCUT2D eigenvalue weighted by atomic mass is 9.89. The van der Waals surface area contributed by atoms with Crippen molar-refractivity contribution >= 4 is 11.6 Å². The van der Waals surface area contributed by atoms with Crippen molar-refractivity contribution in [2.45, 2.75) is 59.1 Å². The molecule has 1 heterocycles. The molecule has 0 aliphatic carbocycles. The van der Waals surface area contributed by atoms with E-state index in [1.54, 1.807) is 0 Å². The Morgan fingerprint density at radius 2 is 2.10 bits per heavy atom. The molecule has 0 bridgehead atoms. The van der Waals surface area contributed by atoms with Gasteiger partial charge in [0.25, 0.3) is 0 Å². The van der Waals surface area contributed by atoms with Gasteiger partial charge in [0.1, 0.15) is 11.4 Å². The predicted molar refractivity (Wildman–Crippen MR) is 85.7 cm³/mol. The summed E-state index contributed by atoms with van der Waals surface area (Å²) in [6.45, 7) is 11.9. The highest BCUT2D eigenvalue weighted by molar-refractivity contribution is 6.31. The first kappa shape index (κ1) is 15.7. The second-order valence-corrected chi connectivity index (χ2v) is 7.30. The second-order valence-electron chi connectivity index (χ2n) is 6.89. The van der Waals surface area contributed by atoms with Crippen molar-refractivity contribution in [3.05, 3.63) is 28.3 Å². The molecule has 0 saturated heterocycles. The SMILES string of the molecule is Cc1cc2c(cc1Cl)C(NCCC(C)C)CC(C)(C)O2. The lowest BCUT2D eigenvalue weighted by molar-refractivity contribution is 0.0658. The summed E-state index contributed by atoms with van der Waals surface area (Å²) in [5.74, 6) is 1.70. The van der Waals surface area contributed by atoms with Gasteiger partial charge in [0.2, 0.25) is 0 Å². The van der Waals surface area contributed by atoms with Crippen LogP contribution in [0.25, 0.3) is 0 Å². The molecule has 0 amide bonds. The first-order valence-corrected chi connectivity index (χ1v) is 7.89. The Balaban J connectivity index is 2.22. The summed E-state index contributed by atoms with van der Waals surface area (Å²) in [5.41, 5.74) is 2.13. The van der Waals surface area contributed by atoms with Gasteiger partial charge in [-0.3, -0.25) is 0 Å². The Morgan fingerprint density at radius 3 is 2.75 bits per heavy atom. The first-order valence-electron chi connectivity index (χ1n) is 7.51. The molecule has 1 aliphatic rings. The number of fused-ring (bicyclic) bond motifs is 1. The van der Waals surface area contributed by atoms with Gasteiger partial charge in [-0.05, 0) is 57.4 Å². The molecule has 1 N–H and O–H groups in total. The van der Waals surface area contributed by atoms with Crippen LogP contribution in [-0.4, -0.2) is 12.1 Å². The minimum Gasteiger partial charge on any atom is -0.487 e. The van der Waals surface area contributed by atoms with Crippen LogP contribution in [0.1, 0.15) is 57.7 Å². The largest absolute Gasteiger partial charge is 0.487 e. The maximum Gasteiger partial charge on any atom is 0.125 e. The van der Waals surface area contributed by atoms with E-state index in [1.165, 1.54) is 12.0 Å². The van der Waals surface area contributed by atoms with Crippen LogP contribution < -0.4 is 10.1 Å². The molecule has 0 aromatic heterocycles. The molecule has 0 radical (unpaired) electrons. The normalized spacial score (nSPS) is 20.6. The summed E-state index contributed by atoms with van der Waals surface area (Å²) in [4.78, 5) is 0. The van der Waals surface area contributed by atoms with Gasteiger partial charge in [0, 0.05) is 23.0 Å². The van der Waals surface area contributed by atoms with E-state index in [9.17, 15) is 0 Å². The highest BCUT2D eigenvalue weighted by Crippen LogP contribution is 2.41. The molecule has 0 spiro atoms. The summed E-state index contributed by atoms with van der Waals surface area (Å²) in [6.07, 6.45) is 2.16. The standard InChI is InChI=1S/C17H26ClNO/c1-11(2)6-7-19-15-10-17(4,5)20-16-8-12(3)14(18)9-13(15)16/h8-9,11,15,19H,6-7,10H2,1-5H3. The number of nitrogens with one attached hydrogen (secondary N) is 1. The smallest absolute Gasteiger partial charge is 0.125 e. The summed E-state index contributed by atoms with van der Waals surface area (Å²) >= 11 is 6.28. The summed E-state index contributed by atoms with van der Waals surface area (Å²) in [6, 6.07) is 4.45. The molecule has 1 aromatic carbocycles. The highest BCUT2D eigenvalue weighted by atomic mass is 35.5. The fourth-order valence-electron chi connectivity index (χ4n) is 2.70. The van der Waals surface area contributed by atoms with Gasteiger partial charge in [0.05, 0.1) is 0 Å². The molecule has 1 atom stereocenters. The average molecular weight is 296 g/mol. The minimum absolute atomic E-state index is 0.136. The van der Waals surface area contributed by atoms with Crippen LogP contribution in [0.15, 0.2) is 12.1 Å². The van der Waals surface area contributed by atoms with E-state index in [2.05, 4.69) is 45.1 Å². The molecule has 112 valence electrons. The number of halogens is 1. The van der Waals surface area contributed by atoms with Crippen molar-refractivity contribution in [2.75, 3.05) is 6.54 Å². The lowest BCUT2D eigenvalue weighted by Crippen LogP contribution is -2.40. The van der Waals surface area contributed by atoms with Gasteiger partial charge in [-0.2, -0.15) is 0 Å². The molecular formula is C17H26ClNO. The zero-order chi connectivity index (χ0) is 14.9. The number of aryl methyl sites for hydroxylation is 1. The van der Waals surface area contributed by atoms with E-state index in [0.29, 0.717) is 6.04 Å². The minimum atomic E-state index is -0.136. The molecule has 1 aromatic rings. The lowest BCUT2D eigenvalue weighted by Gasteiger charge is -2.38. The van der Waals surface area contributed by atoms with Crippen molar-refractivity contribution in [3.8, 4) is 5.75 Å². The van der Waals surface area contributed by atoms with Crippen LogP contribution in [-0.2, 0) is 0 Å². The Hall–Kier alpha value is -0.730. The van der Waals surface area contributed by atoms with Crippen molar-refractivity contribution < 1.29 is 4.74 Å². The van der Waals surface area contributed by atoms with Crippen LogP contribution in [0, 0.1) is 12.8 Å². The van der Waals surface area contributed by atoms with Crippen LogP contribution >= 0.6 is 11.6 Å². The Kier molecular flexibility index (Phi) is 4.66. The van der Waals surface area contributed by atoms with Gasteiger partial charge in [-0.15, -0.1) is 0 Å². The third-order valence-corrected chi connectivity index (χ3v) is 4.27. The monoisotopic (exact) mass is 295 g/mol. The average Bonchev–Trinajstić information content (AvgIpc) is 2.30. The maximum atomic E-state index is 6.28. The van der Waals surface area contributed by atoms with Gasteiger partial charge >= 0.3 is 0 Å². The third-order valence-electron chi connectivity index (χ3n) is 3.86. The summed E-state index contributed by atoms with van der Waals surface area (Å²) in [7, 11) is 0. The first-order chi connectivity index (χ1) is 9.28. The zero-order valence-corrected chi connectivity index (χ0v) is 14.0. The van der Waals surface area contributed by atoms with E-state index >= 15 is 0 Å². The number of benzene rings is 1. The molecule has 1 unspecified atom stereocenters. The van der Waals surface area contributed by atoms with Crippen LogP contribution in [0.5, 0.6) is 5.75 Å². The van der Waals surface area contributed by atoms with Crippen molar-refractivity contribution in [1.82, 2.24) is 5.32 Å². The molecule has 3 heteroatoms. The number of ether oxygens (including phenoxy) is 1. The van der Waals surface area contributed by atoms with Crippen molar-refractivity contribution in [3.63, 3.8) is 0 Å². The van der Waals surface area contributed by atoms with Crippen molar-refractivity contribution in [2.24, 2.45) is 5.92 Å². The molecule has 0 saturated carbocycles. The third kappa shape index (κ3) is 3.67. The van der Waals surface area contributed by atoms with E-state index in [1.807, 2.05) is 6.92 Å². The quantitative estimate of drug-likeness (QED) is 0.854. The molecule has 2 nitrogen and oxygen atoms in total. The number of rotatable bonds is 4. The van der Waals surface area contributed by atoms with Gasteiger partial charge < -0.3 is 10.1 Å². The molecular weight excluding hydrogens is 270 g/mol.